The van der Waals surface area contributed by atoms with Crippen LogP contribution in [0.3, 0.4) is 0 Å². The Morgan fingerprint density at radius 1 is 1.48 bits per heavy atom. The maximum atomic E-state index is 12.4. The van der Waals surface area contributed by atoms with Crippen molar-refractivity contribution in [2.24, 2.45) is 0 Å². The van der Waals surface area contributed by atoms with Crippen molar-refractivity contribution in [3.8, 4) is 0 Å². The monoisotopic (exact) mass is 335 g/mol. The molecule has 0 radical (unpaired) electrons. The number of morpholine rings is 1. The highest BCUT2D eigenvalue weighted by atomic mass is 32.1. The van der Waals surface area contributed by atoms with Gasteiger partial charge in [0.1, 0.15) is 0 Å². The van der Waals surface area contributed by atoms with Crippen LogP contribution in [0, 0.1) is 0 Å². The summed E-state index contributed by atoms with van der Waals surface area (Å²) < 4.78 is 11.3. The van der Waals surface area contributed by atoms with E-state index in [1.165, 1.54) is 5.56 Å². The minimum atomic E-state index is -0.325. The molecule has 3 rings (SSSR count). The summed E-state index contributed by atoms with van der Waals surface area (Å²) in [5.74, 6) is 1.39. The molecule has 6 nitrogen and oxygen atoms in total. The van der Waals surface area contributed by atoms with Crippen LogP contribution in [0.1, 0.15) is 49.6 Å². The van der Waals surface area contributed by atoms with Gasteiger partial charge in [-0.05, 0) is 28.8 Å². The molecule has 1 saturated heterocycles. The average molecular weight is 335 g/mol. The number of carbonyl (C=O) groups is 1. The van der Waals surface area contributed by atoms with Gasteiger partial charge in [-0.15, -0.1) is 10.2 Å². The molecule has 3 heterocycles. The third-order valence-corrected chi connectivity index (χ3v) is 4.58. The molecule has 7 heteroatoms. The molecule has 0 aliphatic carbocycles. The summed E-state index contributed by atoms with van der Waals surface area (Å²) in [6.07, 6.45) is 0.973. The first-order chi connectivity index (χ1) is 11.1. The highest BCUT2D eigenvalue weighted by Gasteiger charge is 2.29. The Morgan fingerprint density at radius 2 is 2.35 bits per heavy atom. The fourth-order valence-electron chi connectivity index (χ4n) is 2.48. The van der Waals surface area contributed by atoms with Crippen LogP contribution in [0.25, 0.3) is 0 Å². The maximum absolute atomic E-state index is 12.4. The molecule has 0 bridgehead atoms. The van der Waals surface area contributed by atoms with Crippen LogP contribution in [0.15, 0.2) is 21.2 Å². The number of ether oxygens (including phenoxy) is 1. The molecular weight excluding hydrogens is 314 g/mol. The molecule has 0 unspecified atom stereocenters. The first-order valence-electron chi connectivity index (χ1n) is 7.87. The van der Waals surface area contributed by atoms with Crippen LogP contribution in [0.2, 0.25) is 0 Å². The Balaban J connectivity index is 1.57. The van der Waals surface area contributed by atoms with Crippen LogP contribution < -0.4 is 0 Å². The Morgan fingerprint density at radius 3 is 3.04 bits per heavy atom. The van der Waals surface area contributed by atoms with E-state index in [2.05, 4.69) is 21.6 Å². The molecule has 0 spiro atoms. The number of nitrogens with zero attached hydrogens (tertiary/aromatic N) is 3. The van der Waals surface area contributed by atoms with E-state index in [9.17, 15) is 4.79 Å². The lowest BCUT2D eigenvalue weighted by molar-refractivity contribution is -0.139. The zero-order valence-corrected chi connectivity index (χ0v) is 14.2. The van der Waals surface area contributed by atoms with E-state index in [-0.39, 0.29) is 17.9 Å². The molecule has 0 saturated carbocycles. The fraction of sp³-hybridized carbons (Fsp3) is 0.562. The number of aromatic nitrogens is 2. The standard InChI is InChI=1S/C16H21N3O3S/c1-11(2)15-17-18-16(22-15)13-9-19(6-7-21-13)14(20)4-3-12-5-8-23-10-12/h5,8,10-11,13H,3-4,6-7,9H2,1-2H3/t13-/m1/s1. The third-order valence-electron chi connectivity index (χ3n) is 3.85. The van der Waals surface area contributed by atoms with E-state index >= 15 is 0 Å². The van der Waals surface area contributed by atoms with Gasteiger partial charge in [0.25, 0.3) is 0 Å². The van der Waals surface area contributed by atoms with Crippen LogP contribution in [0.4, 0.5) is 0 Å². The Hall–Kier alpha value is -1.73. The molecule has 1 amide bonds. The molecule has 1 fully saturated rings. The van der Waals surface area contributed by atoms with Crippen molar-refractivity contribution >= 4 is 17.2 Å². The highest BCUT2D eigenvalue weighted by Crippen LogP contribution is 2.24. The van der Waals surface area contributed by atoms with E-state index < -0.39 is 0 Å². The second-order valence-corrected chi connectivity index (χ2v) is 6.74. The number of amides is 1. The SMILES string of the molecule is CC(C)c1nnc([C@H]2CN(C(=O)CCc3ccsc3)CCO2)o1. The summed E-state index contributed by atoms with van der Waals surface area (Å²) in [7, 11) is 0. The summed E-state index contributed by atoms with van der Waals surface area (Å²) in [6, 6.07) is 2.06. The van der Waals surface area contributed by atoms with Gasteiger partial charge in [0, 0.05) is 18.9 Å². The number of carbonyl (C=O) groups excluding carboxylic acids is 1. The fourth-order valence-corrected chi connectivity index (χ4v) is 3.18. The lowest BCUT2D eigenvalue weighted by Crippen LogP contribution is -2.42. The van der Waals surface area contributed by atoms with E-state index in [0.717, 1.165) is 6.42 Å². The number of hydrogen-bond acceptors (Lipinski definition) is 6. The van der Waals surface area contributed by atoms with Gasteiger partial charge >= 0.3 is 0 Å². The van der Waals surface area contributed by atoms with Gasteiger partial charge in [0.15, 0.2) is 6.10 Å². The van der Waals surface area contributed by atoms with E-state index in [0.29, 0.717) is 37.9 Å². The van der Waals surface area contributed by atoms with Crippen molar-refractivity contribution in [1.82, 2.24) is 15.1 Å². The largest absolute Gasteiger partial charge is 0.422 e. The third kappa shape index (κ3) is 3.97. The number of rotatable bonds is 5. The van der Waals surface area contributed by atoms with Gasteiger partial charge in [-0.25, -0.2) is 0 Å². The summed E-state index contributed by atoms with van der Waals surface area (Å²) >= 11 is 1.66. The van der Waals surface area contributed by atoms with Crippen LogP contribution >= 0.6 is 11.3 Å². The Bertz CT molecular complexity index is 639. The molecule has 0 aromatic carbocycles. The molecule has 23 heavy (non-hydrogen) atoms. The zero-order chi connectivity index (χ0) is 16.2. The lowest BCUT2D eigenvalue weighted by atomic mass is 10.1. The van der Waals surface area contributed by atoms with E-state index in [4.69, 9.17) is 9.15 Å². The second-order valence-electron chi connectivity index (χ2n) is 5.96. The molecule has 2 aromatic rings. The molecule has 2 aromatic heterocycles. The normalized spacial score (nSPS) is 18.6. The van der Waals surface area contributed by atoms with E-state index in [1.807, 2.05) is 24.1 Å². The predicted octanol–water partition coefficient (Wildman–Crippen LogP) is 2.79. The van der Waals surface area contributed by atoms with Gasteiger partial charge < -0.3 is 14.1 Å². The summed E-state index contributed by atoms with van der Waals surface area (Å²) in [5, 5.41) is 12.2. The topological polar surface area (TPSA) is 68.5 Å². The summed E-state index contributed by atoms with van der Waals surface area (Å²) in [5.41, 5.74) is 1.21. The van der Waals surface area contributed by atoms with Gasteiger partial charge in [-0.1, -0.05) is 13.8 Å². The smallest absolute Gasteiger partial charge is 0.247 e. The first kappa shape index (κ1) is 16.1. The highest BCUT2D eigenvalue weighted by molar-refractivity contribution is 7.07. The predicted molar refractivity (Wildman–Crippen MR) is 86.3 cm³/mol. The number of aryl methyl sites for hydroxylation is 1. The van der Waals surface area contributed by atoms with E-state index in [1.54, 1.807) is 11.3 Å². The number of thiophene rings is 1. The number of hydrogen-bond donors (Lipinski definition) is 0. The minimum absolute atomic E-state index is 0.146. The van der Waals surface area contributed by atoms with Gasteiger partial charge in [0.05, 0.1) is 13.2 Å². The van der Waals surface area contributed by atoms with Gasteiger partial charge in [-0.2, -0.15) is 11.3 Å². The maximum Gasteiger partial charge on any atom is 0.247 e. The quantitative estimate of drug-likeness (QED) is 0.840. The van der Waals surface area contributed by atoms with Crippen molar-refractivity contribution in [2.45, 2.75) is 38.7 Å². The molecule has 1 atom stereocenters. The van der Waals surface area contributed by atoms with Gasteiger partial charge in [0.2, 0.25) is 17.7 Å². The Kier molecular flexibility index (Phi) is 5.07. The van der Waals surface area contributed by atoms with Gasteiger partial charge in [-0.3, -0.25) is 4.79 Å². The average Bonchev–Trinajstić information content (AvgIpc) is 3.24. The minimum Gasteiger partial charge on any atom is -0.422 e. The van der Waals surface area contributed by atoms with Crippen molar-refractivity contribution in [2.75, 3.05) is 19.7 Å². The summed E-state index contributed by atoms with van der Waals surface area (Å²) in [4.78, 5) is 14.2. The zero-order valence-electron chi connectivity index (χ0n) is 13.4. The van der Waals surface area contributed by atoms with Crippen LogP contribution in [0.5, 0.6) is 0 Å². The molecule has 1 aliphatic heterocycles. The van der Waals surface area contributed by atoms with Crippen LogP contribution in [-0.4, -0.2) is 40.7 Å². The van der Waals surface area contributed by atoms with Crippen molar-refractivity contribution in [3.63, 3.8) is 0 Å². The second kappa shape index (κ2) is 7.23. The van der Waals surface area contributed by atoms with Crippen LogP contribution in [-0.2, 0) is 16.0 Å². The lowest BCUT2D eigenvalue weighted by Gasteiger charge is -2.31. The van der Waals surface area contributed by atoms with Crippen molar-refractivity contribution < 1.29 is 13.9 Å². The molecule has 1 aliphatic rings. The molecule has 124 valence electrons. The molecular formula is C16H21N3O3S. The first-order valence-corrected chi connectivity index (χ1v) is 8.81. The summed E-state index contributed by atoms with van der Waals surface area (Å²) in [6.45, 7) is 5.58. The Labute approximate surface area is 139 Å². The molecule has 0 N–H and O–H groups in total. The van der Waals surface area contributed by atoms with Crippen molar-refractivity contribution in [3.05, 3.63) is 34.2 Å². The van der Waals surface area contributed by atoms with Crippen molar-refractivity contribution in [1.29, 1.82) is 0 Å².